The molecule has 0 aliphatic carbocycles. The summed E-state index contributed by atoms with van der Waals surface area (Å²) in [6.07, 6.45) is 0. The van der Waals surface area contributed by atoms with E-state index in [0.29, 0.717) is 29.4 Å². The van der Waals surface area contributed by atoms with Crippen LogP contribution in [0.1, 0.15) is 22.8 Å². The quantitative estimate of drug-likeness (QED) is 0.773. The van der Waals surface area contributed by atoms with E-state index in [4.69, 9.17) is 16.3 Å². The molecule has 0 saturated heterocycles. The lowest BCUT2D eigenvalue weighted by Crippen LogP contribution is -2.22. The van der Waals surface area contributed by atoms with Crippen molar-refractivity contribution in [3.05, 3.63) is 28.3 Å². The van der Waals surface area contributed by atoms with Crippen molar-refractivity contribution in [3.8, 4) is 5.75 Å². The number of benzene rings is 1. The third-order valence-corrected chi connectivity index (χ3v) is 3.09. The maximum absolute atomic E-state index is 11.8. The van der Waals surface area contributed by atoms with Gasteiger partial charge in [-0.05, 0) is 19.1 Å². The lowest BCUT2D eigenvalue weighted by atomic mass is 10.1. The highest BCUT2D eigenvalue weighted by atomic mass is 35.5. The maximum Gasteiger partial charge on any atom is 0.254 e. The van der Waals surface area contributed by atoms with Gasteiger partial charge in [-0.1, -0.05) is 11.6 Å². The van der Waals surface area contributed by atoms with Gasteiger partial charge < -0.3 is 9.64 Å². The molecule has 0 atom stereocenters. The molecular weight excluding hydrogens is 214 g/mol. The van der Waals surface area contributed by atoms with Gasteiger partial charge >= 0.3 is 0 Å². The lowest BCUT2D eigenvalue weighted by molar-refractivity contribution is 0.0787. The smallest absolute Gasteiger partial charge is 0.254 e. The second kappa shape index (κ2) is 3.74. The Balaban J connectivity index is 2.50. The summed E-state index contributed by atoms with van der Waals surface area (Å²) >= 11 is 6.14. The number of rotatable bonds is 2. The average Bonchev–Trinajstić information content (AvgIpc) is 2.57. The highest BCUT2D eigenvalue weighted by Gasteiger charge is 2.29. The van der Waals surface area contributed by atoms with Gasteiger partial charge in [0, 0.05) is 24.2 Å². The van der Waals surface area contributed by atoms with E-state index < -0.39 is 0 Å². The van der Waals surface area contributed by atoms with E-state index in [2.05, 4.69) is 0 Å². The summed E-state index contributed by atoms with van der Waals surface area (Å²) in [6, 6.07) is 3.51. The summed E-state index contributed by atoms with van der Waals surface area (Å²) < 4.78 is 5.11. The van der Waals surface area contributed by atoms with Crippen molar-refractivity contribution >= 4 is 17.5 Å². The van der Waals surface area contributed by atoms with Crippen LogP contribution in [0, 0.1) is 0 Å². The number of methoxy groups -OCH3 is 1. The third-order valence-electron chi connectivity index (χ3n) is 2.68. The largest absolute Gasteiger partial charge is 0.495 e. The molecule has 0 unspecified atom stereocenters. The van der Waals surface area contributed by atoms with Crippen LogP contribution in [0.2, 0.25) is 5.02 Å². The number of ether oxygens (including phenoxy) is 1. The topological polar surface area (TPSA) is 29.5 Å². The van der Waals surface area contributed by atoms with Crippen molar-refractivity contribution in [1.82, 2.24) is 4.90 Å². The van der Waals surface area contributed by atoms with Crippen LogP contribution in [0.3, 0.4) is 0 Å². The van der Waals surface area contributed by atoms with Gasteiger partial charge in [-0.2, -0.15) is 0 Å². The molecule has 0 saturated carbocycles. The normalized spacial score (nSPS) is 14.3. The Kier molecular flexibility index (Phi) is 2.57. The molecule has 1 aromatic rings. The summed E-state index contributed by atoms with van der Waals surface area (Å²) in [5.41, 5.74) is 1.57. The Morgan fingerprint density at radius 3 is 2.87 bits per heavy atom. The van der Waals surface area contributed by atoms with Crippen LogP contribution in [0.15, 0.2) is 12.1 Å². The molecule has 1 amide bonds. The molecule has 80 valence electrons. The summed E-state index contributed by atoms with van der Waals surface area (Å²) in [7, 11) is 1.57. The zero-order chi connectivity index (χ0) is 11.0. The van der Waals surface area contributed by atoms with Crippen molar-refractivity contribution in [2.75, 3.05) is 13.7 Å². The molecule has 1 aliphatic heterocycles. The monoisotopic (exact) mass is 225 g/mol. The molecular formula is C11H12ClNO2. The van der Waals surface area contributed by atoms with Gasteiger partial charge in [0.1, 0.15) is 5.75 Å². The SMILES string of the molecule is CCN1Cc2c(ccc(OC)c2Cl)C1=O. The third kappa shape index (κ3) is 1.47. The summed E-state index contributed by atoms with van der Waals surface area (Å²) in [5, 5.41) is 0.555. The Hall–Kier alpha value is -1.22. The molecule has 4 heteroatoms. The van der Waals surface area contributed by atoms with Crippen LogP contribution in [0.5, 0.6) is 5.75 Å². The number of carbonyl (C=O) groups excluding carboxylic acids is 1. The zero-order valence-corrected chi connectivity index (χ0v) is 9.47. The Morgan fingerprint density at radius 2 is 2.27 bits per heavy atom. The van der Waals surface area contributed by atoms with Gasteiger partial charge in [0.15, 0.2) is 0 Å². The number of carbonyl (C=O) groups is 1. The molecule has 0 radical (unpaired) electrons. The van der Waals surface area contributed by atoms with Gasteiger partial charge in [-0.15, -0.1) is 0 Å². The summed E-state index contributed by atoms with van der Waals surface area (Å²) in [4.78, 5) is 13.6. The predicted octanol–water partition coefficient (Wildman–Crippen LogP) is 2.32. The molecule has 1 aliphatic rings. The van der Waals surface area contributed by atoms with E-state index in [1.54, 1.807) is 24.1 Å². The minimum atomic E-state index is 0.0528. The fourth-order valence-corrected chi connectivity index (χ4v) is 2.10. The van der Waals surface area contributed by atoms with Crippen molar-refractivity contribution in [2.24, 2.45) is 0 Å². The number of fused-ring (bicyclic) bond motifs is 1. The average molecular weight is 226 g/mol. The summed E-state index contributed by atoms with van der Waals surface area (Å²) in [5.74, 6) is 0.679. The first kappa shape index (κ1) is 10.3. The second-order valence-electron chi connectivity index (χ2n) is 3.43. The van der Waals surface area contributed by atoms with Crippen LogP contribution in [-0.4, -0.2) is 24.5 Å². The van der Waals surface area contributed by atoms with Crippen LogP contribution < -0.4 is 4.74 Å². The van der Waals surface area contributed by atoms with Gasteiger partial charge in [0.25, 0.3) is 5.91 Å². The summed E-state index contributed by atoms with van der Waals surface area (Å²) in [6.45, 7) is 3.24. The van der Waals surface area contributed by atoms with Crippen molar-refractivity contribution in [1.29, 1.82) is 0 Å². The fourth-order valence-electron chi connectivity index (χ4n) is 1.80. The first-order valence-corrected chi connectivity index (χ1v) is 5.21. The van der Waals surface area contributed by atoms with Gasteiger partial charge in [0.05, 0.1) is 12.1 Å². The van der Waals surface area contributed by atoms with Gasteiger partial charge in [-0.3, -0.25) is 4.79 Å². The molecule has 0 bridgehead atoms. The first-order chi connectivity index (χ1) is 7.19. The van der Waals surface area contributed by atoms with E-state index in [9.17, 15) is 4.79 Å². The molecule has 0 fully saturated rings. The van der Waals surface area contributed by atoms with E-state index >= 15 is 0 Å². The van der Waals surface area contributed by atoms with Crippen molar-refractivity contribution in [2.45, 2.75) is 13.5 Å². The predicted molar refractivity (Wildman–Crippen MR) is 58.4 cm³/mol. The van der Waals surface area contributed by atoms with Crippen LogP contribution in [-0.2, 0) is 6.54 Å². The maximum atomic E-state index is 11.8. The number of hydrogen-bond acceptors (Lipinski definition) is 2. The van der Waals surface area contributed by atoms with Crippen molar-refractivity contribution in [3.63, 3.8) is 0 Å². The first-order valence-electron chi connectivity index (χ1n) is 4.83. The minimum absolute atomic E-state index is 0.0528. The molecule has 0 N–H and O–H groups in total. The highest BCUT2D eigenvalue weighted by Crippen LogP contribution is 2.35. The Bertz CT molecular complexity index is 417. The minimum Gasteiger partial charge on any atom is -0.495 e. The molecule has 15 heavy (non-hydrogen) atoms. The van der Waals surface area contributed by atoms with Gasteiger partial charge in [0.2, 0.25) is 0 Å². The fraction of sp³-hybridized carbons (Fsp3) is 0.364. The van der Waals surface area contributed by atoms with E-state index in [0.717, 1.165) is 5.56 Å². The van der Waals surface area contributed by atoms with Crippen LogP contribution in [0.25, 0.3) is 0 Å². The van der Waals surface area contributed by atoms with E-state index in [1.807, 2.05) is 6.92 Å². The number of nitrogens with zero attached hydrogens (tertiary/aromatic N) is 1. The molecule has 1 heterocycles. The molecule has 2 rings (SSSR count). The molecule has 0 aromatic heterocycles. The molecule has 3 nitrogen and oxygen atoms in total. The van der Waals surface area contributed by atoms with Crippen LogP contribution in [0.4, 0.5) is 0 Å². The molecule has 0 spiro atoms. The number of amides is 1. The van der Waals surface area contributed by atoms with E-state index in [1.165, 1.54) is 0 Å². The number of halogens is 1. The Morgan fingerprint density at radius 1 is 1.53 bits per heavy atom. The van der Waals surface area contributed by atoms with Crippen LogP contribution >= 0.6 is 11.6 Å². The zero-order valence-electron chi connectivity index (χ0n) is 8.71. The highest BCUT2D eigenvalue weighted by molar-refractivity contribution is 6.33. The van der Waals surface area contributed by atoms with Crippen molar-refractivity contribution < 1.29 is 9.53 Å². The van der Waals surface area contributed by atoms with E-state index in [-0.39, 0.29) is 5.91 Å². The lowest BCUT2D eigenvalue weighted by Gasteiger charge is -2.11. The standard InChI is InChI=1S/C11H12ClNO2/c1-3-13-6-8-7(11(13)14)4-5-9(15-2)10(8)12/h4-5H,3,6H2,1-2H3. The second-order valence-corrected chi connectivity index (χ2v) is 3.81. The van der Waals surface area contributed by atoms with Gasteiger partial charge in [-0.25, -0.2) is 0 Å². The Labute approximate surface area is 93.6 Å². The molecule has 1 aromatic carbocycles. The number of hydrogen-bond donors (Lipinski definition) is 0.